The summed E-state index contributed by atoms with van der Waals surface area (Å²) < 4.78 is 0.920. The monoisotopic (exact) mass is 285 g/mol. The Kier molecular flexibility index (Phi) is 3.31. The first-order valence-electron chi connectivity index (χ1n) is 5.72. The number of pyridine rings is 1. The van der Waals surface area contributed by atoms with Crippen LogP contribution in [0.4, 0.5) is 0 Å². The fourth-order valence-corrected chi connectivity index (χ4v) is 2.93. The van der Waals surface area contributed by atoms with Crippen LogP contribution in [0.5, 0.6) is 0 Å². The molecule has 0 aliphatic heterocycles. The summed E-state index contributed by atoms with van der Waals surface area (Å²) in [5, 5.41) is 1.28. The van der Waals surface area contributed by atoms with Gasteiger partial charge < -0.3 is 0 Å². The van der Waals surface area contributed by atoms with Gasteiger partial charge in [-0.05, 0) is 24.3 Å². The highest BCUT2D eigenvalue weighted by atomic mass is 32.1. The molecule has 19 heavy (non-hydrogen) atoms. The molecule has 2 heterocycles. The lowest BCUT2D eigenvalue weighted by atomic mass is 10.3. The number of nitrogens with zero attached hydrogens (tertiary/aromatic N) is 2. The number of fused-ring (bicyclic) bond motifs is 1. The van der Waals surface area contributed by atoms with Crippen LogP contribution in [0.3, 0.4) is 0 Å². The van der Waals surface area contributed by atoms with Gasteiger partial charge in [0.1, 0.15) is 5.01 Å². The summed E-state index contributed by atoms with van der Waals surface area (Å²) in [6.07, 6.45) is 0. The number of hydrogen-bond acceptors (Lipinski definition) is 4. The molecule has 0 spiro atoms. The lowest BCUT2D eigenvalue weighted by molar-refractivity contribution is 1.17. The summed E-state index contributed by atoms with van der Waals surface area (Å²) in [6, 6.07) is 13.1. The van der Waals surface area contributed by atoms with Gasteiger partial charge >= 0.3 is 0 Å². The van der Waals surface area contributed by atoms with E-state index in [1.54, 1.807) is 6.07 Å². The van der Waals surface area contributed by atoms with E-state index in [0.29, 0.717) is 21.8 Å². The van der Waals surface area contributed by atoms with E-state index in [1.165, 1.54) is 11.3 Å². The number of benzene rings is 1. The molecule has 1 radical (unpaired) electrons. The normalized spacial score (nSPS) is 10.8. The van der Waals surface area contributed by atoms with Crippen molar-refractivity contribution in [1.29, 1.82) is 0 Å². The Morgan fingerprint density at radius 3 is 2.74 bits per heavy atom. The largest absolute Gasteiger partial charge is 0.279 e. The quantitative estimate of drug-likeness (QED) is 0.724. The third-order valence-electron chi connectivity index (χ3n) is 2.70. The molecule has 93 valence electrons. The van der Waals surface area contributed by atoms with E-state index >= 15 is 0 Å². The zero-order valence-corrected chi connectivity index (χ0v) is 11.5. The van der Waals surface area contributed by atoms with Gasteiger partial charge in [0.2, 0.25) is 0 Å². The van der Waals surface area contributed by atoms with Crippen molar-refractivity contribution in [2.24, 2.45) is 0 Å². The summed E-state index contributed by atoms with van der Waals surface area (Å²) in [5.41, 5.74) is 1.31. The third kappa shape index (κ3) is 2.39. The van der Waals surface area contributed by atoms with Gasteiger partial charge in [-0.2, -0.15) is 4.98 Å². The van der Waals surface area contributed by atoms with Crippen LogP contribution in [-0.2, 0) is 5.75 Å². The number of hydrogen-bond donors (Lipinski definition) is 0. The second-order valence-corrected chi connectivity index (χ2v) is 5.30. The highest BCUT2D eigenvalue weighted by Crippen LogP contribution is 2.24. The predicted octanol–water partition coefficient (Wildman–Crippen LogP) is 3.42. The molecule has 5 heteroatoms. The Labute approximate surface area is 119 Å². The molecule has 2 aromatic heterocycles. The maximum absolute atomic E-state index is 12.0. The molecule has 0 atom stereocenters. The smallest absolute Gasteiger partial charge is 0.267 e. The van der Waals surface area contributed by atoms with Crippen LogP contribution in [0, 0.1) is 0 Å². The first-order chi connectivity index (χ1) is 9.28. The minimum Gasteiger partial charge on any atom is -0.267 e. The molecule has 0 amide bonds. The average Bonchev–Trinajstić information content (AvgIpc) is 2.47. The fourth-order valence-electron chi connectivity index (χ4n) is 1.80. The standard InChI is InChI=1S/C14H9N2OS2/c17-13-10-5-1-2-7-12(10)19-14(16-13)11-6-3-4-9(8-18)15-11/h1-7H,8H2. The maximum atomic E-state index is 12.0. The van der Waals surface area contributed by atoms with Gasteiger partial charge in [0.05, 0.1) is 16.8 Å². The molecule has 0 unspecified atom stereocenters. The molecule has 0 fully saturated rings. The van der Waals surface area contributed by atoms with Crippen LogP contribution in [-0.4, -0.2) is 9.97 Å². The first-order valence-corrected chi connectivity index (χ1v) is 7.11. The minimum absolute atomic E-state index is 0.213. The Bertz CT molecular complexity index is 799. The zero-order chi connectivity index (χ0) is 13.2. The summed E-state index contributed by atoms with van der Waals surface area (Å²) in [4.78, 5) is 20.5. The van der Waals surface area contributed by atoms with Crippen LogP contribution in [0.15, 0.2) is 47.3 Å². The molecule has 0 saturated carbocycles. The average molecular weight is 285 g/mol. The fraction of sp³-hybridized carbons (Fsp3) is 0.0714. The van der Waals surface area contributed by atoms with Crippen LogP contribution in [0.1, 0.15) is 5.69 Å². The lowest BCUT2D eigenvalue weighted by Crippen LogP contribution is -2.06. The molecular weight excluding hydrogens is 276 g/mol. The van der Waals surface area contributed by atoms with E-state index in [-0.39, 0.29) is 5.56 Å². The van der Waals surface area contributed by atoms with Crippen molar-refractivity contribution in [2.75, 3.05) is 0 Å². The molecule has 0 aliphatic carbocycles. The first kappa shape index (κ1) is 12.3. The van der Waals surface area contributed by atoms with Crippen molar-refractivity contribution in [3.05, 3.63) is 58.5 Å². The van der Waals surface area contributed by atoms with Crippen LogP contribution in [0.2, 0.25) is 0 Å². The van der Waals surface area contributed by atoms with Gasteiger partial charge in [0.15, 0.2) is 0 Å². The van der Waals surface area contributed by atoms with E-state index in [1.807, 2.05) is 36.4 Å². The van der Waals surface area contributed by atoms with Gasteiger partial charge in [0, 0.05) is 10.5 Å². The lowest BCUT2D eigenvalue weighted by Gasteiger charge is -2.02. The van der Waals surface area contributed by atoms with Crippen LogP contribution in [0.25, 0.3) is 20.8 Å². The summed E-state index contributed by atoms with van der Waals surface area (Å²) >= 11 is 6.46. The van der Waals surface area contributed by atoms with Crippen LogP contribution >= 0.6 is 24.0 Å². The second kappa shape index (κ2) is 5.11. The molecule has 3 rings (SSSR count). The van der Waals surface area contributed by atoms with Crippen molar-refractivity contribution in [3.8, 4) is 10.7 Å². The highest BCUT2D eigenvalue weighted by molar-refractivity contribution is 7.79. The van der Waals surface area contributed by atoms with Gasteiger partial charge in [0.25, 0.3) is 5.56 Å². The van der Waals surface area contributed by atoms with Crippen LogP contribution < -0.4 is 5.56 Å². The summed E-state index contributed by atoms with van der Waals surface area (Å²) in [6.45, 7) is 0. The Morgan fingerprint density at radius 1 is 1.05 bits per heavy atom. The molecule has 3 nitrogen and oxygen atoms in total. The van der Waals surface area contributed by atoms with Gasteiger partial charge in [-0.3, -0.25) is 4.79 Å². The third-order valence-corrected chi connectivity index (χ3v) is 4.07. The van der Waals surface area contributed by atoms with E-state index in [9.17, 15) is 4.79 Å². The molecule has 0 saturated heterocycles. The Hall–Kier alpha value is -1.72. The maximum Gasteiger partial charge on any atom is 0.279 e. The van der Waals surface area contributed by atoms with Gasteiger partial charge in [-0.15, -0.1) is 11.3 Å². The zero-order valence-electron chi connectivity index (χ0n) is 9.87. The number of aromatic nitrogens is 2. The predicted molar refractivity (Wildman–Crippen MR) is 80.4 cm³/mol. The summed E-state index contributed by atoms with van der Waals surface area (Å²) in [7, 11) is 0. The van der Waals surface area contributed by atoms with E-state index in [0.717, 1.165) is 10.4 Å². The van der Waals surface area contributed by atoms with Gasteiger partial charge in [-0.25, -0.2) is 4.98 Å². The topological polar surface area (TPSA) is 42.9 Å². The SMILES string of the molecule is O=c1nc(-c2cccc(C[S])n2)sc2ccccc12. The number of rotatable bonds is 2. The Morgan fingerprint density at radius 2 is 1.89 bits per heavy atom. The van der Waals surface area contributed by atoms with Crippen molar-refractivity contribution < 1.29 is 0 Å². The van der Waals surface area contributed by atoms with Gasteiger partial charge in [-0.1, -0.05) is 30.8 Å². The highest BCUT2D eigenvalue weighted by Gasteiger charge is 2.07. The minimum atomic E-state index is -0.213. The molecule has 1 aromatic carbocycles. The van der Waals surface area contributed by atoms with E-state index in [2.05, 4.69) is 9.97 Å². The van der Waals surface area contributed by atoms with Crippen molar-refractivity contribution in [2.45, 2.75) is 5.75 Å². The molecule has 0 aliphatic rings. The van der Waals surface area contributed by atoms with Crippen molar-refractivity contribution >= 4 is 34.1 Å². The summed E-state index contributed by atoms with van der Waals surface area (Å²) in [5.74, 6) is 0.455. The molecular formula is C14H9N2OS2. The van der Waals surface area contributed by atoms with Crippen molar-refractivity contribution in [3.63, 3.8) is 0 Å². The molecule has 0 N–H and O–H groups in total. The van der Waals surface area contributed by atoms with E-state index < -0.39 is 0 Å². The van der Waals surface area contributed by atoms with Crippen molar-refractivity contribution in [1.82, 2.24) is 9.97 Å². The Balaban J connectivity index is 2.22. The van der Waals surface area contributed by atoms with E-state index in [4.69, 9.17) is 12.6 Å². The molecule has 3 aromatic rings. The molecule has 0 bridgehead atoms. The second-order valence-electron chi connectivity index (χ2n) is 3.98.